The van der Waals surface area contributed by atoms with E-state index in [2.05, 4.69) is 29.1 Å². The molecule has 0 saturated heterocycles. The van der Waals surface area contributed by atoms with Gasteiger partial charge in [-0.15, -0.1) is 0 Å². The Morgan fingerprint density at radius 3 is 3.11 bits per heavy atom. The molecular formula is C14H17N3O2. The average Bonchev–Trinajstić information content (AvgIpc) is 2.98. The molecule has 0 aliphatic carbocycles. The highest BCUT2D eigenvalue weighted by Crippen LogP contribution is 2.35. The van der Waals surface area contributed by atoms with Crippen molar-refractivity contribution in [3.05, 3.63) is 35.9 Å². The van der Waals surface area contributed by atoms with Crippen molar-refractivity contribution in [1.29, 1.82) is 0 Å². The highest BCUT2D eigenvalue weighted by atomic mass is 16.5. The van der Waals surface area contributed by atoms with E-state index in [1.54, 1.807) is 11.0 Å². The summed E-state index contributed by atoms with van der Waals surface area (Å²) >= 11 is 0. The zero-order chi connectivity index (χ0) is 13.2. The summed E-state index contributed by atoms with van der Waals surface area (Å²) in [4.78, 5) is 3.96. The maximum Gasteiger partial charge on any atom is 0.137 e. The van der Waals surface area contributed by atoms with Crippen LogP contribution in [0.3, 0.4) is 0 Å². The van der Waals surface area contributed by atoms with Gasteiger partial charge in [0.1, 0.15) is 30.3 Å². The van der Waals surface area contributed by atoms with Gasteiger partial charge in [0.15, 0.2) is 0 Å². The molecular weight excluding hydrogens is 242 g/mol. The molecule has 1 unspecified atom stereocenters. The molecule has 5 nitrogen and oxygen atoms in total. The van der Waals surface area contributed by atoms with Crippen molar-refractivity contribution in [3.63, 3.8) is 0 Å². The van der Waals surface area contributed by atoms with Crippen LogP contribution in [0.1, 0.15) is 25.0 Å². The van der Waals surface area contributed by atoms with Crippen molar-refractivity contribution in [3.8, 4) is 11.5 Å². The normalized spacial score (nSPS) is 17.1. The fraction of sp³-hybridized carbons (Fsp3) is 0.429. The van der Waals surface area contributed by atoms with Gasteiger partial charge in [0.25, 0.3) is 0 Å². The molecule has 0 fully saturated rings. The molecule has 0 bridgehead atoms. The summed E-state index contributed by atoms with van der Waals surface area (Å²) in [5.41, 5.74) is 2.29. The predicted molar refractivity (Wildman–Crippen MR) is 70.5 cm³/mol. The molecule has 0 radical (unpaired) electrons. The lowest BCUT2D eigenvalue weighted by molar-refractivity contribution is 0.254. The highest BCUT2D eigenvalue weighted by molar-refractivity contribution is 5.48. The van der Waals surface area contributed by atoms with Gasteiger partial charge in [0, 0.05) is 17.5 Å². The molecule has 1 aliphatic rings. The number of rotatable bonds is 4. The molecule has 2 heterocycles. The molecule has 2 aromatic rings. The predicted octanol–water partition coefficient (Wildman–Crippen LogP) is 2.05. The van der Waals surface area contributed by atoms with E-state index in [0.717, 1.165) is 23.5 Å². The zero-order valence-corrected chi connectivity index (χ0v) is 11.2. The van der Waals surface area contributed by atoms with Crippen LogP contribution >= 0.6 is 0 Å². The minimum atomic E-state index is 0.242. The largest absolute Gasteiger partial charge is 0.494 e. The summed E-state index contributed by atoms with van der Waals surface area (Å²) in [5.74, 6) is 1.88. The van der Waals surface area contributed by atoms with Gasteiger partial charge in [-0.2, -0.15) is 5.10 Å². The Labute approximate surface area is 112 Å². The number of ether oxygens (including phenoxy) is 2. The van der Waals surface area contributed by atoms with Crippen LogP contribution < -0.4 is 9.47 Å². The molecule has 1 aliphatic heterocycles. The molecule has 5 heteroatoms. The van der Waals surface area contributed by atoms with Crippen molar-refractivity contribution in [2.45, 2.75) is 32.9 Å². The Morgan fingerprint density at radius 1 is 1.47 bits per heavy atom. The molecule has 100 valence electrons. The van der Waals surface area contributed by atoms with Gasteiger partial charge in [-0.05, 0) is 26.0 Å². The number of benzene rings is 1. The van der Waals surface area contributed by atoms with Gasteiger partial charge < -0.3 is 9.47 Å². The van der Waals surface area contributed by atoms with Gasteiger partial charge in [0.2, 0.25) is 0 Å². The number of hydrogen-bond acceptors (Lipinski definition) is 4. The fourth-order valence-electron chi connectivity index (χ4n) is 2.38. The monoisotopic (exact) mass is 259 g/mol. The minimum Gasteiger partial charge on any atom is -0.494 e. The van der Waals surface area contributed by atoms with Crippen LogP contribution in [0.4, 0.5) is 0 Å². The Kier molecular flexibility index (Phi) is 3.11. The van der Waals surface area contributed by atoms with E-state index in [1.165, 1.54) is 11.9 Å². The summed E-state index contributed by atoms with van der Waals surface area (Å²) in [6.07, 6.45) is 4.42. The number of nitrogens with zero attached hydrogens (tertiary/aromatic N) is 3. The van der Waals surface area contributed by atoms with E-state index in [0.29, 0.717) is 13.2 Å². The SMILES string of the molecule is CCOc1cc2c(cc1Cn1cncn1)OC(C)C2. The van der Waals surface area contributed by atoms with Crippen LogP contribution in [0.25, 0.3) is 0 Å². The Bertz CT molecular complexity index is 566. The smallest absolute Gasteiger partial charge is 0.137 e. The van der Waals surface area contributed by atoms with Gasteiger partial charge in [-0.1, -0.05) is 0 Å². The molecule has 1 atom stereocenters. The van der Waals surface area contributed by atoms with Crippen molar-refractivity contribution in [2.75, 3.05) is 6.61 Å². The van der Waals surface area contributed by atoms with Gasteiger partial charge >= 0.3 is 0 Å². The molecule has 0 spiro atoms. The lowest BCUT2D eigenvalue weighted by Crippen LogP contribution is -2.05. The van der Waals surface area contributed by atoms with Crippen LogP contribution in [0.2, 0.25) is 0 Å². The van der Waals surface area contributed by atoms with E-state index in [9.17, 15) is 0 Å². The third-order valence-electron chi connectivity index (χ3n) is 3.18. The van der Waals surface area contributed by atoms with Crippen molar-refractivity contribution < 1.29 is 9.47 Å². The number of fused-ring (bicyclic) bond motifs is 1. The van der Waals surface area contributed by atoms with Crippen LogP contribution in [0, 0.1) is 0 Å². The van der Waals surface area contributed by atoms with E-state index in [1.807, 2.05) is 6.92 Å². The molecule has 0 amide bonds. The minimum absolute atomic E-state index is 0.242. The van der Waals surface area contributed by atoms with Crippen LogP contribution in [-0.4, -0.2) is 27.5 Å². The van der Waals surface area contributed by atoms with Crippen LogP contribution in [-0.2, 0) is 13.0 Å². The maximum absolute atomic E-state index is 5.80. The topological polar surface area (TPSA) is 49.2 Å². The van der Waals surface area contributed by atoms with Crippen LogP contribution in [0.5, 0.6) is 11.5 Å². The molecule has 0 saturated carbocycles. The first-order valence-corrected chi connectivity index (χ1v) is 6.54. The molecule has 1 aromatic carbocycles. The van der Waals surface area contributed by atoms with Gasteiger partial charge in [-0.3, -0.25) is 0 Å². The summed E-state index contributed by atoms with van der Waals surface area (Å²) in [7, 11) is 0. The van der Waals surface area contributed by atoms with E-state index in [-0.39, 0.29) is 6.10 Å². The Hall–Kier alpha value is -2.04. The van der Waals surface area contributed by atoms with Crippen molar-refractivity contribution in [2.24, 2.45) is 0 Å². The summed E-state index contributed by atoms with van der Waals surface area (Å²) < 4.78 is 13.3. The van der Waals surface area contributed by atoms with E-state index < -0.39 is 0 Å². The molecule has 0 N–H and O–H groups in total. The second-order valence-corrected chi connectivity index (χ2v) is 4.73. The maximum atomic E-state index is 5.80. The van der Waals surface area contributed by atoms with E-state index in [4.69, 9.17) is 9.47 Å². The molecule has 3 rings (SSSR count). The average molecular weight is 259 g/mol. The summed E-state index contributed by atoms with van der Waals surface area (Å²) in [5, 5.41) is 4.13. The number of hydrogen-bond donors (Lipinski definition) is 0. The van der Waals surface area contributed by atoms with Gasteiger partial charge in [0.05, 0.1) is 13.2 Å². The first kappa shape index (κ1) is 12.0. The first-order chi connectivity index (χ1) is 9.26. The van der Waals surface area contributed by atoms with Crippen molar-refractivity contribution >= 4 is 0 Å². The lowest BCUT2D eigenvalue weighted by Gasteiger charge is -2.12. The summed E-state index contributed by atoms with van der Waals surface area (Å²) in [6.45, 7) is 5.36. The Balaban J connectivity index is 1.95. The Morgan fingerprint density at radius 2 is 2.37 bits per heavy atom. The van der Waals surface area contributed by atoms with E-state index >= 15 is 0 Å². The standard InChI is InChI=1S/C14H17N3O2/c1-3-18-13-5-11-4-10(2)19-14(11)6-12(13)7-17-9-15-8-16-17/h5-6,8-10H,3-4,7H2,1-2H3. The fourth-order valence-corrected chi connectivity index (χ4v) is 2.38. The molecule has 19 heavy (non-hydrogen) atoms. The third kappa shape index (κ3) is 2.41. The van der Waals surface area contributed by atoms with Gasteiger partial charge in [-0.25, -0.2) is 9.67 Å². The molecule has 1 aromatic heterocycles. The van der Waals surface area contributed by atoms with Crippen molar-refractivity contribution in [1.82, 2.24) is 14.8 Å². The first-order valence-electron chi connectivity index (χ1n) is 6.54. The third-order valence-corrected chi connectivity index (χ3v) is 3.18. The quantitative estimate of drug-likeness (QED) is 0.843. The second-order valence-electron chi connectivity index (χ2n) is 4.73. The zero-order valence-electron chi connectivity index (χ0n) is 11.2. The van der Waals surface area contributed by atoms with Crippen LogP contribution in [0.15, 0.2) is 24.8 Å². The number of aromatic nitrogens is 3. The summed E-state index contributed by atoms with van der Waals surface area (Å²) in [6, 6.07) is 4.15. The lowest BCUT2D eigenvalue weighted by atomic mass is 10.1. The highest BCUT2D eigenvalue weighted by Gasteiger charge is 2.21. The second kappa shape index (κ2) is 4.91.